The molecule has 1 aliphatic rings. The van der Waals surface area contributed by atoms with Crippen LogP contribution in [0.25, 0.3) is 20.7 Å². The van der Waals surface area contributed by atoms with Crippen molar-refractivity contribution in [3.63, 3.8) is 0 Å². The first-order valence-electron chi connectivity index (χ1n) is 9.37. The molecule has 0 aliphatic heterocycles. The van der Waals surface area contributed by atoms with E-state index in [-0.39, 0.29) is 18.2 Å². The van der Waals surface area contributed by atoms with Crippen LogP contribution in [0.5, 0.6) is 0 Å². The standard InChI is InChI=1S/C20H17ClFN5O2S/c21-14-5-10(1-3-15(14)22)25-19-17-12-2-4-16-13(7-27(26-16)6-11(29)8-28)18(12)30-20(17)24-9-23-19/h1,3,5,7,9,11,28-29H,2,4,6,8H2,(H,23,24,25)/t11-/m1/s1. The Balaban J connectivity index is 1.56. The van der Waals surface area contributed by atoms with Gasteiger partial charge in [0.25, 0.3) is 0 Å². The van der Waals surface area contributed by atoms with Gasteiger partial charge >= 0.3 is 0 Å². The van der Waals surface area contributed by atoms with Gasteiger partial charge in [-0.15, -0.1) is 11.3 Å². The third-order valence-corrected chi connectivity index (χ3v) is 6.54. The zero-order chi connectivity index (χ0) is 20.8. The molecule has 1 aromatic carbocycles. The van der Waals surface area contributed by atoms with Crippen molar-refractivity contribution in [3.8, 4) is 10.4 Å². The summed E-state index contributed by atoms with van der Waals surface area (Å²) in [4.78, 5) is 10.8. The first-order valence-corrected chi connectivity index (χ1v) is 10.6. The maximum atomic E-state index is 13.5. The molecular formula is C20H17ClFN5O2S. The SMILES string of the molecule is OC[C@H](O)Cn1cc2c(n1)CCc1c-2sc2ncnc(Nc3ccc(F)c(Cl)c3)c12. The summed E-state index contributed by atoms with van der Waals surface area (Å²) in [5.74, 6) is 0.172. The molecule has 3 N–H and O–H groups in total. The van der Waals surface area contributed by atoms with Crippen molar-refractivity contribution in [3.05, 3.63) is 52.8 Å². The van der Waals surface area contributed by atoms with E-state index >= 15 is 0 Å². The summed E-state index contributed by atoms with van der Waals surface area (Å²) in [7, 11) is 0. The molecule has 7 nitrogen and oxygen atoms in total. The van der Waals surface area contributed by atoms with Gasteiger partial charge in [0.05, 0.1) is 35.4 Å². The van der Waals surface area contributed by atoms with E-state index in [4.69, 9.17) is 16.7 Å². The van der Waals surface area contributed by atoms with Gasteiger partial charge in [0, 0.05) is 22.3 Å². The molecule has 3 aromatic heterocycles. The molecule has 5 rings (SSSR count). The molecule has 10 heteroatoms. The molecule has 0 saturated carbocycles. The maximum absolute atomic E-state index is 13.5. The van der Waals surface area contributed by atoms with Crippen LogP contribution >= 0.6 is 22.9 Å². The Bertz CT molecular complexity index is 1260. The molecule has 0 spiro atoms. The van der Waals surface area contributed by atoms with Crippen molar-refractivity contribution in [2.75, 3.05) is 11.9 Å². The number of benzene rings is 1. The number of aromatic nitrogens is 4. The highest BCUT2D eigenvalue weighted by Gasteiger charge is 2.26. The van der Waals surface area contributed by atoms with E-state index in [1.807, 2.05) is 6.20 Å². The Morgan fingerprint density at radius 2 is 2.17 bits per heavy atom. The zero-order valence-electron chi connectivity index (χ0n) is 15.6. The van der Waals surface area contributed by atoms with Crippen LogP contribution in [0.2, 0.25) is 5.02 Å². The van der Waals surface area contributed by atoms with Crippen molar-refractivity contribution in [1.29, 1.82) is 0 Å². The number of aryl methyl sites for hydroxylation is 2. The number of halogens is 2. The van der Waals surface area contributed by atoms with Crippen LogP contribution in [-0.2, 0) is 19.4 Å². The summed E-state index contributed by atoms with van der Waals surface area (Å²) in [6.45, 7) is -0.0711. The van der Waals surface area contributed by atoms with Gasteiger partial charge in [0.15, 0.2) is 0 Å². The smallest absolute Gasteiger partial charge is 0.142 e. The number of rotatable bonds is 5. The second-order valence-corrected chi connectivity index (χ2v) is 8.52. The van der Waals surface area contributed by atoms with Crippen molar-refractivity contribution in [2.45, 2.75) is 25.5 Å². The molecule has 0 unspecified atom stereocenters. The van der Waals surface area contributed by atoms with Gasteiger partial charge in [-0.3, -0.25) is 4.68 Å². The van der Waals surface area contributed by atoms with Gasteiger partial charge in [-0.05, 0) is 36.6 Å². The normalized spacial score (nSPS) is 13.9. The summed E-state index contributed by atoms with van der Waals surface area (Å²) in [6, 6.07) is 4.45. The van der Waals surface area contributed by atoms with Crippen LogP contribution in [0.15, 0.2) is 30.7 Å². The number of nitrogens with one attached hydrogen (secondary N) is 1. The van der Waals surface area contributed by atoms with Crippen molar-refractivity contribution in [2.24, 2.45) is 0 Å². The molecule has 3 heterocycles. The van der Waals surface area contributed by atoms with E-state index in [1.165, 1.54) is 18.5 Å². The first-order chi connectivity index (χ1) is 14.5. The fourth-order valence-electron chi connectivity index (χ4n) is 3.70. The van der Waals surface area contributed by atoms with Gasteiger partial charge in [0.1, 0.15) is 22.8 Å². The quantitative estimate of drug-likeness (QED) is 0.435. The second-order valence-electron chi connectivity index (χ2n) is 7.11. The average molecular weight is 446 g/mol. The van der Waals surface area contributed by atoms with Gasteiger partial charge in [-0.2, -0.15) is 5.10 Å². The van der Waals surface area contributed by atoms with Crippen molar-refractivity contribution in [1.82, 2.24) is 19.7 Å². The highest BCUT2D eigenvalue weighted by Crippen LogP contribution is 2.45. The monoisotopic (exact) mass is 445 g/mol. The molecule has 0 fully saturated rings. The van der Waals surface area contributed by atoms with Gasteiger partial charge in [-0.25, -0.2) is 14.4 Å². The highest BCUT2D eigenvalue weighted by molar-refractivity contribution is 7.22. The van der Waals surface area contributed by atoms with Gasteiger partial charge in [0.2, 0.25) is 0 Å². The van der Waals surface area contributed by atoms with Gasteiger partial charge < -0.3 is 15.5 Å². The Morgan fingerprint density at radius 1 is 1.30 bits per heavy atom. The second kappa shape index (κ2) is 7.59. The average Bonchev–Trinajstić information content (AvgIpc) is 3.31. The number of aliphatic hydroxyl groups is 2. The first kappa shape index (κ1) is 19.4. The summed E-state index contributed by atoms with van der Waals surface area (Å²) in [6.07, 6.45) is 4.10. The fourth-order valence-corrected chi connectivity index (χ4v) is 5.10. The zero-order valence-corrected chi connectivity index (χ0v) is 17.2. The molecule has 154 valence electrons. The third kappa shape index (κ3) is 3.33. The van der Waals surface area contributed by atoms with Crippen molar-refractivity contribution < 1.29 is 14.6 Å². The summed E-state index contributed by atoms with van der Waals surface area (Å²) >= 11 is 7.48. The van der Waals surface area contributed by atoms with E-state index in [0.717, 1.165) is 44.8 Å². The lowest BCUT2D eigenvalue weighted by Crippen LogP contribution is -2.20. The molecule has 1 atom stereocenters. The topological polar surface area (TPSA) is 96.1 Å². The van der Waals surface area contributed by atoms with Crippen LogP contribution in [0.3, 0.4) is 0 Å². The van der Waals surface area contributed by atoms with E-state index in [9.17, 15) is 9.50 Å². The van der Waals surface area contributed by atoms with Crippen LogP contribution in [-0.4, -0.2) is 42.7 Å². The van der Waals surface area contributed by atoms with E-state index in [1.54, 1.807) is 22.1 Å². The molecule has 4 aromatic rings. The number of nitrogens with zero attached hydrogens (tertiary/aromatic N) is 4. The van der Waals surface area contributed by atoms with Gasteiger partial charge in [-0.1, -0.05) is 11.6 Å². The maximum Gasteiger partial charge on any atom is 0.142 e. The predicted molar refractivity (Wildman–Crippen MR) is 114 cm³/mol. The number of thiophene rings is 1. The third-order valence-electron chi connectivity index (χ3n) is 5.07. The minimum Gasteiger partial charge on any atom is -0.394 e. The largest absolute Gasteiger partial charge is 0.394 e. The lowest BCUT2D eigenvalue weighted by Gasteiger charge is -2.12. The molecular weight excluding hydrogens is 429 g/mol. The number of hydrogen-bond donors (Lipinski definition) is 3. The lowest BCUT2D eigenvalue weighted by atomic mass is 9.95. The Kier molecular flexibility index (Phi) is 4.90. The van der Waals surface area contributed by atoms with Crippen LogP contribution in [0, 0.1) is 5.82 Å². The number of fused-ring (bicyclic) bond motifs is 5. The molecule has 0 bridgehead atoms. The molecule has 0 amide bonds. The Labute approximate surface area is 179 Å². The molecule has 0 saturated heterocycles. The fraction of sp³-hybridized carbons (Fsp3) is 0.250. The minimum absolute atomic E-state index is 0.0415. The minimum atomic E-state index is -0.850. The lowest BCUT2D eigenvalue weighted by molar-refractivity contribution is 0.0782. The van der Waals surface area contributed by atoms with Crippen LogP contribution < -0.4 is 5.32 Å². The van der Waals surface area contributed by atoms with Crippen LogP contribution in [0.1, 0.15) is 11.3 Å². The van der Waals surface area contributed by atoms with E-state index in [0.29, 0.717) is 11.5 Å². The summed E-state index contributed by atoms with van der Waals surface area (Å²) < 4.78 is 15.2. The molecule has 0 radical (unpaired) electrons. The number of anilines is 2. The van der Waals surface area contributed by atoms with Crippen molar-refractivity contribution >= 4 is 44.7 Å². The molecule has 30 heavy (non-hydrogen) atoms. The molecule has 1 aliphatic carbocycles. The highest BCUT2D eigenvalue weighted by atomic mass is 35.5. The summed E-state index contributed by atoms with van der Waals surface area (Å²) in [5, 5.41) is 27.6. The Hall–Kier alpha value is -2.59. The number of aliphatic hydroxyl groups excluding tert-OH is 2. The summed E-state index contributed by atoms with van der Waals surface area (Å²) in [5.41, 5.74) is 3.76. The Morgan fingerprint density at radius 3 is 2.97 bits per heavy atom. The predicted octanol–water partition coefficient (Wildman–Crippen LogP) is 3.54. The van der Waals surface area contributed by atoms with Crippen LogP contribution in [0.4, 0.5) is 15.9 Å². The van der Waals surface area contributed by atoms with E-state index < -0.39 is 11.9 Å². The number of hydrogen-bond acceptors (Lipinski definition) is 7. The van der Waals surface area contributed by atoms with E-state index in [2.05, 4.69) is 20.4 Å².